The van der Waals surface area contributed by atoms with Gasteiger partial charge in [0.15, 0.2) is 17.8 Å². The van der Waals surface area contributed by atoms with Crippen LogP contribution in [0, 0.1) is 0 Å². The first-order valence-corrected chi connectivity index (χ1v) is 9.23. The van der Waals surface area contributed by atoms with Crippen LogP contribution in [0.1, 0.15) is 22.1 Å². The molecule has 3 heterocycles. The van der Waals surface area contributed by atoms with Gasteiger partial charge in [-0.3, -0.25) is 4.79 Å². The molecular weight excluding hydrogens is 358 g/mol. The van der Waals surface area contributed by atoms with E-state index in [-0.39, 0.29) is 11.9 Å². The van der Waals surface area contributed by atoms with Crippen molar-refractivity contribution in [2.24, 2.45) is 0 Å². The first kappa shape index (κ1) is 16.3. The molecule has 1 N–H and O–H groups in total. The number of piperazine rings is 1. The summed E-state index contributed by atoms with van der Waals surface area (Å²) in [5.41, 5.74) is 1.44. The van der Waals surface area contributed by atoms with Gasteiger partial charge in [-0.15, -0.1) is 11.3 Å². The average Bonchev–Trinajstić information content (AvgIpc) is 3.32. The maximum atomic E-state index is 13.0. The lowest BCUT2D eigenvalue weighted by Crippen LogP contribution is -2.48. The summed E-state index contributed by atoms with van der Waals surface area (Å²) < 4.78 is 5.47. The first-order valence-electron chi connectivity index (χ1n) is 7.98. The predicted molar refractivity (Wildman–Crippen MR) is 97.9 cm³/mol. The third-order valence-corrected chi connectivity index (χ3v) is 5.33. The van der Waals surface area contributed by atoms with Crippen molar-refractivity contribution in [1.82, 2.24) is 15.2 Å². The normalized spacial score (nSPS) is 17.6. The zero-order valence-corrected chi connectivity index (χ0v) is 14.9. The second-order valence-corrected chi connectivity index (χ2v) is 7.20. The van der Waals surface area contributed by atoms with Crippen molar-refractivity contribution in [3.05, 3.63) is 64.5 Å². The van der Waals surface area contributed by atoms with E-state index in [1.807, 2.05) is 46.7 Å². The topological polar surface area (TPSA) is 58.4 Å². The van der Waals surface area contributed by atoms with Gasteiger partial charge in [0.2, 0.25) is 0 Å². The molecule has 4 rings (SSSR count). The summed E-state index contributed by atoms with van der Waals surface area (Å²) in [4.78, 5) is 19.9. The fourth-order valence-corrected chi connectivity index (χ4v) is 3.92. The van der Waals surface area contributed by atoms with E-state index in [0.717, 1.165) is 17.0 Å². The Morgan fingerprint density at radius 1 is 1.36 bits per heavy atom. The maximum absolute atomic E-state index is 13.0. The molecular formula is C18H16ClN3O2S. The molecule has 7 heteroatoms. The van der Waals surface area contributed by atoms with E-state index in [1.165, 1.54) is 17.7 Å². The summed E-state index contributed by atoms with van der Waals surface area (Å²) in [6, 6.07) is 11.6. The number of thiophene rings is 1. The van der Waals surface area contributed by atoms with E-state index in [4.69, 9.17) is 16.0 Å². The van der Waals surface area contributed by atoms with Gasteiger partial charge in [0.25, 0.3) is 5.91 Å². The molecule has 2 aromatic heterocycles. The number of nitrogens with one attached hydrogen (secondary N) is 1. The van der Waals surface area contributed by atoms with E-state index in [9.17, 15) is 4.79 Å². The molecule has 1 atom stereocenters. The van der Waals surface area contributed by atoms with Crippen molar-refractivity contribution in [3.8, 4) is 10.6 Å². The average molecular weight is 374 g/mol. The predicted octanol–water partition coefficient (Wildman–Crippen LogP) is 3.84. The zero-order chi connectivity index (χ0) is 17.2. The largest absolute Gasteiger partial charge is 0.442 e. The smallest absolute Gasteiger partial charge is 0.276 e. The van der Waals surface area contributed by atoms with Crippen molar-refractivity contribution in [3.63, 3.8) is 0 Å². The molecule has 1 aliphatic heterocycles. The molecule has 1 fully saturated rings. The van der Waals surface area contributed by atoms with Crippen LogP contribution >= 0.6 is 22.9 Å². The highest BCUT2D eigenvalue weighted by Gasteiger charge is 2.29. The summed E-state index contributed by atoms with van der Waals surface area (Å²) in [7, 11) is 0. The highest BCUT2D eigenvalue weighted by atomic mass is 35.5. The molecule has 1 aromatic carbocycles. The Labute approximate surface area is 154 Å². The van der Waals surface area contributed by atoms with Crippen LogP contribution in [0.4, 0.5) is 0 Å². The molecule has 0 saturated carbocycles. The lowest BCUT2D eigenvalue weighted by Gasteiger charge is -2.33. The molecule has 0 aliphatic carbocycles. The van der Waals surface area contributed by atoms with Gasteiger partial charge in [-0.25, -0.2) is 4.98 Å². The van der Waals surface area contributed by atoms with Crippen LogP contribution in [-0.4, -0.2) is 35.4 Å². The van der Waals surface area contributed by atoms with Gasteiger partial charge in [-0.05, 0) is 29.1 Å². The van der Waals surface area contributed by atoms with Gasteiger partial charge < -0.3 is 14.6 Å². The summed E-state index contributed by atoms with van der Waals surface area (Å²) >= 11 is 7.62. The molecule has 1 aliphatic rings. The molecule has 25 heavy (non-hydrogen) atoms. The van der Waals surface area contributed by atoms with Crippen molar-refractivity contribution in [1.29, 1.82) is 0 Å². The summed E-state index contributed by atoms with van der Waals surface area (Å²) in [6.45, 7) is 1.91. The number of carbonyl (C=O) groups is 1. The van der Waals surface area contributed by atoms with Crippen LogP contribution < -0.4 is 5.32 Å². The Hall–Kier alpha value is -2.15. The zero-order valence-electron chi connectivity index (χ0n) is 13.3. The van der Waals surface area contributed by atoms with Gasteiger partial charge in [0.1, 0.15) is 0 Å². The minimum Gasteiger partial charge on any atom is -0.442 e. The fourth-order valence-electron chi connectivity index (χ4n) is 3.01. The van der Waals surface area contributed by atoms with Crippen LogP contribution in [0.25, 0.3) is 10.6 Å². The highest BCUT2D eigenvalue weighted by Crippen LogP contribution is 2.29. The third-order valence-electron chi connectivity index (χ3n) is 4.23. The van der Waals surface area contributed by atoms with E-state index in [0.29, 0.717) is 29.6 Å². The van der Waals surface area contributed by atoms with Crippen LogP contribution in [-0.2, 0) is 0 Å². The summed E-state index contributed by atoms with van der Waals surface area (Å²) in [6.07, 6.45) is 1.33. The Morgan fingerprint density at radius 3 is 3.08 bits per heavy atom. The minimum atomic E-state index is -0.106. The number of hydrogen-bond donors (Lipinski definition) is 1. The Balaban J connectivity index is 1.56. The quantitative estimate of drug-likeness (QED) is 0.757. The number of benzene rings is 1. The second kappa shape index (κ2) is 7.00. The number of aromatic nitrogens is 1. The number of amides is 1. The lowest BCUT2D eigenvalue weighted by atomic mass is 10.0. The molecule has 128 valence electrons. The van der Waals surface area contributed by atoms with Crippen LogP contribution in [0.5, 0.6) is 0 Å². The van der Waals surface area contributed by atoms with Gasteiger partial charge in [0.05, 0.1) is 10.9 Å². The number of carbonyl (C=O) groups excluding carboxylic acids is 1. The first-order chi connectivity index (χ1) is 12.2. The van der Waals surface area contributed by atoms with Gasteiger partial charge in [-0.2, -0.15) is 0 Å². The monoisotopic (exact) mass is 373 g/mol. The maximum Gasteiger partial charge on any atom is 0.276 e. The highest BCUT2D eigenvalue weighted by molar-refractivity contribution is 7.13. The molecule has 0 spiro atoms. The Kier molecular flexibility index (Phi) is 4.57. The molecule has 1 unspecified atom stereocenters. The SMILES string of the molecule is O=C(c1ncoc1-c1cccs1)N1CCNC(c2cccc(Cl)c2)C1. The minimum absolute atomic E-state index is 0.0495. The van der Waals surface area contributed by atoms with E-state index >= 15 is 0 Å². The fraction of sp³-hybridized carbons (Fsp3) is 0.222. The van der Waals surface area contributed by atoms with Crippen LogP contribution in [0.3, 0.4) is 0 Å². The van der Waals surface area contributed by atoms with Gasteiger partial charge in [0, 0.05) is 24.7 Å². The number of halogens is 1. The molecule has 5 nitrogen and oxygen atoms in total. The summed E-state index contributed by atoms with van der Waals surface area (Å²) in [5.74, 6) is 0.434. The Bertz CT molecular complexity index is 878. The number of nitrogens with zero attached hydrogens (tertiary/aromatic N) is 2. The number of hydrogen-bond acceptors (Lipinski definition) is 5. The van der Waals surface area contributed by atoms with Crippen molar-refractivity contribution >= 4 is 28.8 Å². The van der Waals surface area contributed by atoms with Crippen LogP contribution in [0.15, 0.2) is 52.6 Å². The van der Waals surface area contributed by atoms with E-state index < -0.39 is 0 Å². The molecule has 1 saturated heterocycles. The number of oxazole rings is 1. The Morgan fingerprint density at radius 2 is 2.28 bits per heavy atom. The van der Waals surface area contributed by atoms with Crippen LogP contribution in [0.2, 0.25) is 5.02 Å². The van der Waals surface area contributed by atoms with Gasteiger partial charge >= 0.3 is 0 Å². The lowest BCUT2D eigenvalue weighted by molar-refractivity contribution is 0.0698. The second-order valence-electron chi connectivity index (χ2n) is 5.82. The van der Waals surface area contributed by atoms with Crippen molar-refractivity contribution in [2.45, 2.75) is 6.04 Å². The van der Waals surface area contributed by atoms with Crippen molar-refractivity contribution in [2.75, 3.05) is 19.6 Å². The molecule has 3 aromatic rings. The third kappa shape index (κ3) is 3.33. The summed E-state index contributed by atoms with van der Waals surface area (Å²) in [5, 5.41) is 6.08. The van der Waals surface area contributed by atoms with Gasteiger partial charge in [-0.1, -0.05) is 29.8 Å². The van der Waals surface area contributed by atoms with E-state index in [2.05, 4.69) is 10.3 Å². The van der Waals surface area contributed by atoms with E-state index in [1.54, 1.807) is 0 Å². The molecule has 0 bridgehead atoms. The molecule has 1 amide bonds. The number of rotatable bonds is 3. The molecule has 0 radical (unpaired) electrons. The standard InChI is InChI=1S/C18H16ClN3O2S/c19-13-4-1-3-12(9-13)14-10-22(7-6-20-14)18(23)16-17(24-11-21-16)15-5-2-8-25-15/h1-5,8-9,11,14,20H,6-7,10H2. The van der Waals surface area contributed by atoms with Crippen molar-refractivity contribution < 1.29 is 9.21 Å².